The van der Waals surface area contributed by atoms with Crippen molar-refractivity contribution in [2.75, 3.05) is 0 Å². The number of rotatable bonds is 2. The average molecular weight is 297 g/mol. The van der Waals surface area contributed by atoms with Gasteiger partial charge in [-0.05, 0) is 54.9 Å². The van der Waals surface area contributed by atoms with E-state index in [9.17, 15) is 4.79 Å². The fourth-order valence-electron chi connectivity index (χ4n) is 2.41. The maximum Gasteiger partial charge on any atom is 0.286 e. The van der Waals surface area contributed by atoms with Crippen LogP contribution in [-0.2, 0) is 4.79 Å². The van der Waals surface area contributed by atoms with Crippen LogP contribution in [0.25, 0.3) is 11.8 Å². The molecule has 21 heavy (non-hydrogen) atoms. The topological polar surface area (TPSA) is 60.4 Å². The second-order valence-corrected chi connectivity index (χ2v) is 5.94. The van der Waals surface area contributed by atoms with E-state index in [1.807, 2.05) is 38.1 Å². The number of thioether (sulfide) groups is 1. The summed E-state index contributed by atoms with van der Waals surface area (Å²) in [5.74, 6) is -0.260. The first kappa shape index (κ1) is 13.7. The molecule has 0 unspecified atom stereocenters. The molecule has 2 N–H and O–H groups in total. The number of amidine groups is 1. The number of aliphatic imine (C=N–C) groups is 1. The first-order valence-corrected chi connectivity index (χ1v) is 7.40. The van der Waals surface area contributed by atoms with Crippen molar-refractivity contribution in [2.45, 2.75) is 13.8 Å². The number of hydrogen-bond donors (Lipinski definition) is 1. The lowest BCUT2D eigenvalue weighted by Gasteiger charge is -2.06. The first-order valence-electron chi connectivity index (χ1n) is 6.58. The van der Waals surface area contributed by atoms with E-state index in [1.54, 1.807) is 0 Å². The smallest absolute Gasteiger partial charge is 0.286 e. The van der Waals surface area contributed by atoms with Gasteiger partial charge < -0.3 is 10.3 Å². The third-order valence-corrected chi connectivity index (χ3v) is 4.26. The van der Waals surface area contributed by atoms with Crippen LogP contribution in [0, 0.1) is 13.8 Å². The van der Waals surface area contributed by atoms with Gasteiger partial charge >= 0.3 is 0 Å². The Hall–Kier alpha value is -2.27. The molecular formula is C16H15N3OS. The largest absolute Gasteiger partial charge is 0.378 e. The van der Waals surface area contributed by atoms with Gasteiger partial charge in [0.2, 0.25) is 0 Å². The van der Waals surface area contributed by atoms with E-state index in [-0.39, 0.29) is 5.91 Å². The third-order valence-electron chi connectivity index (χ3n) is 3.45. The Morgan fingerprint density at radius 3 is 2.57 bits per heavy atom. The molecule has 0 radical (unpaired) electrons. The normalized spacial score (nSPS) is 16.6. The molecule has 1 aromatic heterocycles. The van der Waals surface area contributed by atoms with Gasteiger partial charge in [0.1, 0.15) is 0 Å². The molecule has 2 heterocycles. The number of carbonyl (C=O) groups is 1. The Bertz CT molecular complexity index is 772. The summed E-state index contributed by atoms with van der Waals surface area (Å²) in [6, 6.07) is 10.1. The molecule has 1 aromatic carbocycles. The van der Waals surface area contributed by atoms with Crippen LogP contribution >= 0.6 is 11.8 Å². The van der Waals surface area contributed by atoms with Gasteiger partial charge in [0.25, 0.3) is 5.91 Å². The summed E-state index contributed by atoms with van der Waals surface area (Å²) >= 11 is 1.22. The lowest BCUT2D eigenvalue weighted by molar-refractivity contribution is -0.113. The zero-order chi connectivity index (χ0) is 15.0. The standard InChI is InChI=1S/C16H15N3OS/c1-10-9-19(12-6-4-3-5-7-12)11(2)13(10)8-14-15(20)18-16(17)21-14/h3-9H,1-2H3,(H2,17,18,20)/b14-8+. The monoisotopic (exact) mass is 297 g/mol. The van der Waals surface area contributed by atoms with E-state index in [4.69, 9.17) is 5.73 Å². The van der Waals surface area contributed by atoms with E-state index in [1.165, 1.54) is 11.8 Å². The lowest BCUT2D eigenvalue weighted by Crippen LogP contribution is -2.01. The van der Waals surface area contributed by atoms with Crippen molar-refractivity contribution in [3.63, 3.8) is 0 Å². The average Bonchev–Trinajstić information content (AvgIpc) is 2.93. The molecule has 1 amide bonds. The number of para-hydroxylation sites is 1. The number of nitrogens with two attached hydrogens (primary N) is 1. The highest BCUT2D eigenvalue weighted by molar-refractivity contribution is 8.18. The van der Waals surface area contributed by atoms with Gasteiger partial charge in [0.05, 0.1) is 4.91 Å². The van der Waals surface area contributed by atoms with Crippen LogP contribution in [0.5, 0.6) is 0 Å². The molecule has 1 aliphatic rings. The number of aryl methyl sites for hydroxylation is 1. The van der Waals surface area contributed by atoms with Crippen LogP contribution in [-0.4, -0.2) is 15.6 Å². The maximum absolute atomic E-state index is 11.7. The molecule has 5 heteroatoms. The zero-order valence-electron chi connectivity index (χ0n) is 11.8. The third kappa shape index (κ3) is 2.52. The van der Waals surface area contributed by atoms with E-state index in [0.29, 0.717) is 10.1 Å². The van der Waals surface area contributed by atoms with Gasteiger partial charge in [0, 0.05) is 17.6 Å². The molecule has 106 valence electrons. The Kier molecular flexibility index (Phi) is 3.43. The Morgan fingerprint density at radius 1 is 1.24 bits per heavy atom. The summed E-state index contributed by atoms with van der Waals surface area (Å²) < 4.78 is 2.12. The van der Waals surface area contributed by atoms with Gasteiger partial charge in [-0.15, -0.1) is 0 Å². The molecule has 0 saturated heterocycles. The van der Waals surface area contributed by atoms with Crippen molar-refractivity contribution in [1.29, 1.82) is 0 Å². The van der Waals surface area contributed by atoms with E-state index in [2.05, 4.69) is 27.9 Å². The highest BCUT2D eigenvalue weighted by atomic mass is 32.2. The summed E-state index contributed by atoms with van der Waals surface area (Å²) in [5, 5.41) is 0.309. The summed E-state index contributed by atoms with van der Waals surface area (Å²) in [6.45, 7) is 4.08. The predicted molar refractivity (Wildman–Crippen MR) is 87.4 cm³/mol. The molecule has 1 aliphatic heterocycles. The van der Waals surface area contributed by atoms with E-state index >= 15 is 0 Å². The number of benzene rings is 1. The number of aromatic nitrogens is 1. The van der Waals surface area contributed by atoms with Crippen LogP contribution in [0.3, 0.4) is 0 Å². The zero-order valence-corrected chi connectivity index (χ0v) is 12.6. The highest BCUT2D eigenvalue weighted by Crippen LogP contribution is 2.30. The maximum atomic E-state index is 11.7. The predicted octanol–water partition coefficient (Wildman–Crippen LogP) is 3.02. The molecule has 4 nitrogen and oxygen atoms in total. The fourth-order valence-corrected chi connectivity index (χ4v) is 3.07. The SMILES string of the molecule is Cc1cn(-c2ccccc2)c(C)c1/C=C1/SC(N)=NC1=O. The van der Waals surface area contributed by atoms with E-state index in [0.717, 1.165) is 22.5 Å². The molecular weight excluding hydrogens is 282 g/mol. The molecule has 2 aromatic rings. The van der Waals surface area contributed by atoms with Crippen molar-refractivity contribution >= 4 is 28.9 Å². The van der Waals surface area contributed by atoms with Gasteiger partial charge in [-0.1, -0.05) is 18.2 Å². The van der Waals surface area contributed by atoms with Gasteiger partial charge in [0.15, 0.2) is 5.17 Å². The van der Waals surface area contributed by atoms with Crippen molar-refractivity contribution in [2.24, 2.45) is 10.7 Å². The summed E-state index contributed by atoms with van der Waals surface area (Å²) in [4.78, 5) is 16.0. The minimum atomic E-state index is -0.260. The molecule has 0 aliphatic carbocycles. The molecule has 0 fully saturated rings. The second-order valence-electron chi connectivity index (χ2n) is 4.88. The van der Waals surface area contributed by atoms with Crippen molar-refractivity contribution in [3.05, 3.63) is 58.3 Å². The highest BCUT2D eigenvalue weighted by Gasteiger charge is 2.21. The number of nitrogens with zero attached hydrogens (tertiary/aromatic N) is 2. The quantitative estimate of drug-likeness (QED) is 0.867. The van der Waals surface area contributed by atoms with Crippen LogP contribution in [0.15, 0.2) is 46.4 Å². The lowest BCUT2D eigenvalue weighted by atomic mass is 10.1. The fraction of sp³-hybridized carbons (Fsp3) is 0.125. The summed E-state index contributed by atoms with van der Waals surface area (Å²) in [7, 11) is 0. The van der Waals surface area contributed by atoms with E-state index < -0.39 is 0 Å². The molecule has 0 saturated carbocycles. The Morgan fingerprint density at radius 2 is 1.95 bits per heavy atom. The van der Waals surface area contributed by atoms with Crippen LogP contribution < -0.4 is 5.73 Å². The second kappa shape index (κ2) is 5.26. The molecule has 0 bridgehead atoms. The summed E-state index contributed by atoms with van der Waals surface area (Å²) in [6.07, 6.45) is 3.95. The van der Waals surface area contributed by atoms with Gasteiger partial charge in [-0.2, -0.15) is 4.99 Å². The summed E-state index contributed by atoms with van der Waals surface area (Å²) in [5.41, 5.74) is 9.93. The Labute approximate surface area is 127 Å². The van der Waals surface area contributed by atoms with Crippen molar-refractivity contribution < 1.29 is 4.79 Å². The molecule has 0 atom stereocenters. The minimum absolute atomic E-state index is 0.260. The van der Waals surface area contributed by atoms with Crippen LogP contribution in [0.4, 0.5) is 0 Å². The number of amides is 1. The molecule has 0 spiro atoms. The van der Waals surface area contributed by atoms with Crippen molar-refractivity contribution in [3.8, 4) is 5.69 Å². The van der Waals surface area contributed by atoms with Gasteiger partial charge in [-0.25, -0.2) is 0 Å². The molecule has 3 rings (SSSR count). The van der Waals surface area contributed by atoms with Gasteiger partial charge in [-0.3, -0.25) is 4.79 Å². The Balaban J connectivity index is 2.04. The number of hydrogen-bond acceptors (Lipinski definition) is 3. The number of carbonyl (C=O) groups excluding carboxylic acids is 1. The first-order chi connectivity index (χ1) is 10.1. The van der Waals surface area contributed by atoms with Crippen LogP contribution in [0.2, 0.25) is 0 Å². The van der Waals surface area contributed by atoms with Crippen LogP contribution in [0.1, 0.15) is 16.8 Å². The van der Waals surface area contributed by atoms with Crippen molar-refractivity contribution in [1.82, 2.24) is 4.57 Å². The minimum Gasteiger partial charge on any atom is -0.378 e.